The van der Waals surface area contributed by atoms with Gasteiger partial charge in [0.25, 0.3) is 0 Å². The summed E-state index contributed by atoms with van der Waals surface area (Å²) >= 11 is 0. The molecule has 0 aliphatic rings. The van der Waals surface area contributed by atoms with Gasteiger partial charge in [-0.3, -0.25) is 0 Å². The molecule has 0 radical (unpaired) electrons. The Bertz CT molecular complexity index is 3860. The Balaban J connectivity index is 0.908. The molecule has 3 heterocycles. The second-order valence-corrected chi connectivity index (χ2v) is 16.1. The van der Waals surface area contributed by atoms with Crippen molar-refractivity contribution in [3.05, 3.63) is 206 Å². The number of rotatable bonds is 5. The van der Waals surface area contributed by atoms with Gasteiger partial charge in [0.2, 0.25) is 0 Å². The molecule has 0 atom stereocenters. The molecule has 0 saturated carbocycles. The van der Waals surface area contributed by atoms with Crippen molar-refractivity contribution in [1.29, 1.82) is 0 Å². The highest BCUT2D eigenvalue weighted by atomic mass is 16.3. The summed E-state index contributed by atoms with van der Waals surface area (Å²) in [5, 5.41) is 9.04. The van der Waals surface area contributed by atoms with Crippen LogP contribution in [0, 0.1) is 0 Å². The van der Waals surface area contributed by atoms with Crippen molar-refractivity contribution < 1.29 is 13.3 Å². The molecule has 0 amide bonds. The normalized spacial score (nSPS) is 11.9. The standard InChI is InChI=1S/C58H34O3/c1-2-8-35(9-3-1)36-14-16-37(17-15-36)43-27-44(40-21-24-55-50(30-40)47-10-4-6-12-53(47)59-55)29-45(28-43)41-22-25-56-51(31-41)49-23-20-42(33-57(49)61-56)38-18-19-39-32-52-48-11-5-7-13-54(48)60-58(52)34-46(39)26-38/h1-34H. The number of hydrogen-bond donors (Lipinski definition) is 0. The molecule has 13 rings (SSSR count). The van der Waals surface area contributed by atoms with Gasteiger partial charge in [0, 0.05) is 32.3 Å². The van der Waals surface area contributed by atoms with Crippen LogP contribution in [0.5, 0.6) is 0 Å². The molecular formula is C58H34O3. The molecule has 3 aromatic heterocycles. The molecule has 3 nitrogen and oxygen atoms in total. The zero-order chi connectivity index (χ0) is 40.0. The van der Waals surface area contributed by atoms with Gasteiger partial charge in [-0.1, -0.05) is 121 Å². The SMILES string of the molecule is c1ccc(-c2ccc(-c3cc(-c4ccc5oc6ccccc6c5c4)cc(-c4ccc5oc6cc(-c7ccc8cc9c(cc8c7)oc7ccccc79)ccc6c5c4)c3)cc2)cc1. The van der Waals surface area contributed by atoms with Crippen LogP contribution in [0.4, 0.5) is 0 Å². The fraction of sp³-hybridized carbons (Fsp3) is 0. The molecule has 13 aromatic rings. The summed E-state index contributed by atoms with van der Waals surface area (Å²) in [6.07, 6.45) is 0. The van der Waals surface area contributed by atoms with Gasteiger partial charge in [0.05, 0.1) is 0 Å². The average molecular weight is 779 g/mol. The minimum atomic E-state index is 0.867. The van der Waals surface area contributed by atoms with E-state index >= 15 is 0 Å². The van der Waals surface area contributed by atoms with E-state index in [0.29, 0.717) is 0 Å². The second-order valence-electron chi connectivity index (χ2n) is 16.1. The highest BCUT2D eigenvalue weighted by Crippen LogP contribution is 2.40. The lowest BCUT2D eigenvalue weighted by molar-refractivity contribution is 0.668. The Morgan fingerprint density at radius 2 is 0.590 bits per heavy atom. The van der Waals surface area contributed by atoms with Gasteiger partial charge in [0.15, 0.2) is 0 Å². The molecule has 61 heavy (non-hydrogen) atoms. The lowest BCUT2D eigenvalue weighted by Gasteiger charge is -2.12. The molecule has 0 spiro atoms. The maximum atomic E-state index is 6.56. The number of para-hydroxylation sites is 2. The van der Waals surface area contributed by atoms with Crippen LogP contribution < -0.4 is 0 Å². The zero-order valence-corrected chi connectivity index (χ0v) is 32.9. The van der Waals surface area contributed by atoms with Crippen molar-refractivity contribution in [2.45, 2.75) is 0 Å². The van der Waals surface area contributed by atoms with E-state index in [4.69, 9.17) is 13.3 Å². The highest BCUT2D eigenvalue weighted by Gasteiger charge is 2.15. The van der Waals surface area contributed by atoms with E-state index in [9.17, 15) is 0 Å². The molecule has 0 unspecified atom stereocenters. The van der Waals surface area contributed by atoms with Crippen molar-refractivity contribution in [2.24, 2.45) is 0 Å². The highest BCUT2D eigenvalue weighted by molar-refractivity contribution is 6.11. The van der Waals surface area contributed by atoms with Crippen LogP contribution in [0.3, 0.4) is 0 Å². The third-order valence-electron chi connectivity index (χ3n) is 12.4. The summed E-state index contributed by atoms with van der Waals surface area (Å²) in [6, 6.07) is 73.6. The van der Waals surface area contributed by atoms with E-state index in [1.54, 1.807) is 0 Å². The van der Waals surface area contributed by atoms with Crippen molar-refractivity contribution in [3.63, 3.8) is 0 Å². The van der Waals surface area contributed by atoms with E-state index in [2.05, 4.69) is 182 Å². The number of benzene rings is 10. The van der Waals surface area contributed by atoms with E-state index < -0.39 is 0 Å². The van der Waals surface area contributed by atoms with Gasteiger partial charge in [-0.25, -0.2) is 0 Å². The average Bonchev–Trinajstić information content (AvgIpc) is 4.01. The van der Waals surface area contributed by atoms with Gasteiger partial charge in [-0.2, -0.15) is 0 Å². The first-order valence-electron chi connectivity index (χ1n) is 20.7. The lowest BCUT2D eigenvalue weighted by atomic mass is 9.91. The molecule has 0 aliphatic carbocycles. The topological polar surface area (TPSA) is 39.4 Å². The summed E-state index contributed by atoms with van der Waals surface area (Å²) in [7, 11) is 0. The monoisotopic (exact) mass is 778 g/mol. The predicted molar refractivity (Wildman–Crippen MR) is 253 cm³/mol. The maximum absolute atomic E-state index is 6.56. The van der Waals surface area contributed by atoms with E-state index in [1.807, 2.05) is 24.3 Å². The largest absolute Gasteiger partial charge is 0.456 e. The van der Waals surface area contributed by atoms with Crippen LogP contribution in [-0.4, -0.2) is 0 Å². The lowest BCUT2D eigenvalue weighted by Crippen LogP contribution is -1.87. The van der Waals surface area contributed by atoms with Crippen molar-refractivity contribution in [1.82, 2.24) is 0 Å². The number of fused-ring (bicyclic) bond motifs is 10. The Hall–Kier alpha value is -8.14. The van der Waals surface area contributed by atoms with E-state index in [1.165, 1.54) is 16.5 Å². The summed E-state index contributed by atoms with van der Waals surface area (Å²) in [5.41, 5.74) is 16.9. The minimum Gasteiger partial charge on any atom is -0.456 e. The molecule has 0 N–H and O–H groups in total. The fourth-order valence-corrected chi connectivity index (χ4v) is 9.30. The first-order valence-corrected chi connectivity index (χ1v) is 20.7. The number of furan rings is 3. The van der Waals surface area contributed by atoms with Gasteiger partial charge in [-0.05, 0) is 151 Å². The fourth-order valence-electron chi connectivity index (χ4n) is 9.30. The van der Waals surface area contributed by atoms with Gasteiger partial charge in [-0.15, -0.1) is 0 Å². The van der Waals surface area contributed by atoms with Crippen molar-refractivity contribution in [2.75, 3.05) is 0 Å². The van der Waals surface area contributed by atoms with Gasteiger partial charge >= 0.3 is 0 Å². The van der Waals surface area contributed by atoms with Crippen molar-refractivity contribution in [3.8, 4) is 55.6 Å². The first kappa shape index (κ1) is 33.8. The summed E-state index contributed by atoms with van der Waals surface area (Å²) < 4.78 is 19.0. The van der Waals surface area contributed by atoms with E-state index in [-0.39, 0.29) is 0 Å². The summed E-state index contributed by atoms with van der Waals surface area (Å²) in [5.74, 6) is 0. The molecule has 0 aliphatic heterocycles. The second kappa shape index (κ2) is 13.2. The zero-order valence-electron chi connectivity index (χ0n) is 32.9. The molecule has 0 fully saturated rings. The Morgan fingerprint density at radius 3 is 1.25 bits per heavy atom. The quantitative estimate of drug-likeness (QED) is 0.175. The van der Waals surface area contributed by atoms with E-state index in [0.717, 1.165) is 116 Å². The van der Waals surface area contributed by atoms with Gasteiger partial charge < -0.3 is 13.3 Å². The van der Waals surface area contributed by atoms with Gasteiger partial charge in [0.1, 0.15) is 33.5 Å². The van der Waals surface area contributed by atoms with Crippen LogP contribution in [0.2, 0.25) is 0 Å². The van der Waals surface area contributed by atoms with Crippen LogP contribution >= 0.6 is 0 Å². The van der Waals surface area contributed by atoms with Crippen LogP contribution in [-0.2, 0) is 0 Å². The third kappa shape index (κ3) is 5.59. The predicted octanol–water partition coefficient (Wildman–Crippen LogP) is 16.9. The smallest absolute Gasteiger partial charge is 0.136 e. The molecule has 0 saturated heterocycles. The Labute approximate surface area is 350 Å². The third-order valence-corrected chi connectivity index (χ3v) is 12.4. The molecular weight excluding hydrogens is 745 g/mol. The molecule has 10 aromatic carbocycles. The minimum absolute atomic E-state index is 0.867. The number of hydrogen-bond acceptors (Lipinski definition) is 3. The first-order chi connectivity index (χ1) is 30.1. The Morgan fingerprint density at radius 1 is 0.180 bits per heavy atom. The summed E-state index contributed by atoms with van der Waals surface area (Å²) in [4.78, 5) is 0. The Kier molecular flexibility index (Phi) is 7.31. The summed E-state index contributed by atoms with van der Waals surface area (Å²) in [6.45, 7) is 0. The van der Waals surface area contributed by atoms with Crippen LogP contribution in [0.15, 0.2) is 220 Å². The maximum Gasteiger partial charge on any atom is 0.136 e. The van der Waals surface area contributed by atoms with Crippen molar-refractivity contribution >= 4 is 76.6 Å². The van der Waals surface area contributed by atoms with Crippen LogP contribution in [0.25, 0.3) is 132 Å². The molecule has 284 valence electrons. The molecule has 0 bridgehead atoms. The molecule has 3 heteroatoms. The van der Waals surface area contributed by atoms with Crippen LogP contribution in [0.1, 0.15) is 0 Å².